The summed E-state index contributed by atoms with van der Waals surface area (Å²) in [7, 11) is 1.79. The van der Waals surface area contributed by atoms with Crippen molar-refractivity contribution in [1.82, 2.24) is 9.88 Å². The number of hydrogen-bond donors (Lipinski definition) is 1. The van der Waals surface area contributed by atoms with Crippen molar-refractivity contribution in [1.29, 1.82) is 0 Å². The average molecular weight is 269 g/mol. The Kier molecular flexibility index (Phi) is 5.28. The molecule has 0 aliphatic heterocycles. The molecule has 1 amide bonds. The van der Waals surface area contributed by atoms with E-state index in [4.69, 9.17) is 5.73 Å². The van der Waals surface area contributed by atoms with Gasteiger partial charge in [0.05, 0.1) is 12.1 Å². The molecule has 18 heavy (non-hydrogen) atoms. The van der Waals surface area contributed by atoms with E-state index in [0.29, 0.717) is 13.0 Å². The van der Waals surface area contributed by atoms with Gasteiger partial charge in [-0.2, -0.15) is 0 Å². The molecule has 4 nitrogen and oxygen atoms in total. The normalized spacial score (nSPS) is 14.3. The minimum atomic E-state index is -0.769. The van der Waals surface area contributed by atoms with Crippen LogP contribution in [0.1, 0.15) is 43.5 Å². The van der Waals surface area contributed by atoms with Gasteiger partial charge in [-0.05, 0) is 19.8 Å². The Morgan fingerprint density at radius 2 is 2.22 bits per heavy atom. The molecule has 2 N–H and O–H groups in total. The summed E-state index contributed by atoms with van der Waals surface area (Å²) in [6, 6.07) is 0. The fraction of sp³-hybridized carbons (Fsp3) is 0.692. The quantitative estimate of drug-likeness (QED) is 0.861. The molecule has 0 spiro atoms. The highest BCUT2D eigenvalue weighted by molar-refractivity contribution is 7.11. The Balaban J connectivity index is 2.64. The van der Waals surface area contributed by atoms with E-state index >= 15 is 0 Å². The molecular weight excluding hydrogens is 246 g/mol. The number of nitrogens with two attached hydrogens (primary N) is 1. The number of aryl methyl sites for hydroxylation is 1. The molecule has 0 radical (unpaired) electrons. The number of carbonyl (C=O) groups is 1. The van der Waals surface area contributed by atoms with Crippen molar-refractivity contribution in [2.45, 2.75) is 52.1 Å². The second-order valence-corrected chi connectivity index (χ2v) is 6.10. The van der Waals surface area contributed by atoms with E-state index in [-0.39, 0.29) is 5.91 Å². The summed E-state index contributed by atoms with van der Waals surface area (Å²) in [6.07, 6.45) is 4.48. The summed E-state index contributed by atoms with van der Waals surface area (Å²) in [5.74, 6) is -0.0161. The largest absolute Gasteiger partial charge is 0.337 e. The molecule has 1 aromatic rings. The van der Waals surface area contributed by atoms with Crippen molar-refractivity contribution in [2.75, 3.05) is 7.05 Å². The SMILES string of the molecule is CCCC(C)(N)C(=O)N(C)Cc1ncc(CC)s1. The van der Waals surface area contributed by atoms with Gasteiger partial charge in [0, 0.05) is 18.1 Å². The summed E-state index contributed by atoms with van der Waals surface area (Å²) in [4.78, 5) is 19.5. The molecule has 0 aliphatic rings. The molecular formula is C13H23N3OS. The monoisotopic (exact) mass is 269 g/mol. The van der Waals surface area contributed by atoms with Crippen LogP contribution in [0, 0.1) is 0 Å². The van der Waals surface area contributed by atoms with Crippen LogP contribution in [0.4, 0.5) is 0 Å². The first-order valence-electron chi connectivity index (χ1n) is 6.38. The van der Waals surface area contributed by atoms with Crippen molar-refractivity contribution in [3.63, 3.8) is 0 Å². The van der Waals surface area contributed by atoms with E-state index in [1.54, 1.807) is 30.2 Å². The van der Waals surface area contributed by atoms with Gasteiger partial charge in [0.15, 0.2) is 0 Å². The van der Waals surface area contributed by atoms with Crippen molar-refractivity contribution < 1.29 is 4.79 Å². The number of thiazole rings is 1. The maximum Gasteiger partial charge on any atom is 0.242 e. The molecule has 0 fully saturated rings. The zero-order valence-electron chi connectivity index (χ0n) is 11.7. The van der Waals surface area contributed by atoms with Crippen molar-refractivity contribution in [3.8, 4) is 0 Å². The molecule has 1 atom stereocenters. The van der Waals surface area contributed by atoms with Gasteiger partial charge in [0.25, 0.3) is 0 Å². The lowest BCUT2D eigenvalue weighted by Crippen LogP contribution is -2.51. The lowest BCUT2D eigenvalue weighted by molar-refractivity contribution is -0.135. The molecule has 0 bridgehead atoms. The van der Waals surface area contributed by atoms with Crippen LogP contribution in [-0.2, 0) is 17.8 Å². The minimum Gasteiger partial charge on any atom is -0.337 e. The van der Waals surface area contributed by atoms with E-state index in [9.17, 15) is 4.79 Å². The second-order valence-electron chi connectivity index (χ2n) is 4.90. The van der Waals surface area contributed by atoms with Gasteiger partial charge >= 0.3 is 0 Å². The molecule has 1 aromatic heterocycles. The molecule has 102 valence electrons. The van der Waals surface area contributed by atoms with Gasteiger partial charge in [0.1, 0.15) is 5.01 Å². The van der Waals surface area contributed by atoms with E-state index in [2.05, 4.69) is 11.9 Å². The van der Waals surface area contributed by atoms with E-state index in [1.807, 2.05) is 13.1 Å². The first-order chi connectivity index (χ1) is 8.40. The van der Waals surface area contributed by atoms with Gasteiger partial charge in [-0.1, -0.05) is 20.3 Å². The van der Waals surface area contributed by atoms with Crippen LogP contribution >= 0.6 is 11.3 Å². The Labute approximate surface area is 113 Å². The predicted molar refractivity (Wildman–Crippen MR) is 75.5 cm³/mol. The number of likely N-dealkylation sites (N-methyl/N-ethyl adjacent to an activating group) is 1. The summed E-state index contributed by atoms with van der Waals surface area (Å²) >= 11 is 1.66. The number of aromatic nitrogens is 1. The Bertz CT molecular complexity index is 401. The molecule has 0 aromatic carbocycles. The Morgan fingerprint density at radius 1 is 1.56 bits per heavy atom. The minimum absolute atomic E-state index is 0.0161. The molecule has 1 unspecified atom stereocenters. The van der Waals surface area contributed by atoms with Gasteiger partial charge in [-0.25, -0.2) is 4.98 Å². The average Bonchev–Trinajstić information content (AvgIpc) is 2.75. The number of hydrogen-bond acceptors (Lipinski definition) is 4. The van der Waals surface area contributed by atoms with E-state index in [1.165, 1.54) is 4.88 Å². The standard InChI is InChI=1S/C13H23N3OS/c1-5-7-13(3,14)12(17)16(4)9-11-15-8-10(6-2)18-11/h8H,5-7,9,14H2,1-4H3. The maximum atomic E-state index is 12.2. The Hall–Kier alpha value is -0.940. The number of amides is 1. The van der Waals surface area contributed by atoms with Crippen LogP contribution < -0.4 is 5.73 Å². The lowest BCUT2D eigenvalue weighted by Gasteiger charge is -2.28. The van der Waals surface area contributed by atoms with Crippen molar-refractivity contribution in [3.05, 3.63) is 16.1 Å². The highest BCUT2D eigenvalue weighted by Crippen LogP contribution is 2.17. The highest BCUT2D eigenvalue weighted by atomic mass is 32.1. The van der Waals surface area contributed by atoms with Crippen LogP contribution in [0.25, 0.3) is 0 Å². The maximum absolute atomic E-state index is 12.2. The van der Waals surface area contributed by atoms with Crippen LogP contribution in [-0.4, -0.2) is 28.4 Å². The van der Waals surface area contributed by atoms with E-state index < -0.39 is 5.54 Å². The fourth-order valence-corrected chi connectivity index (χ4v) is 2.84. The zero-order chi connectivity index (χ0) is 13.8. The third kappa shape index (κ3) is 3.78. The first kappa shape index (κ1) is 15.1. The molecule has 1 rings (SSSR count). The highest BCUT2D eigenvalue weighted by Gasteiger charge is 2.30. The van der Waals surface area contributed by atoms with Crippen LogP contribution in [0.2, 0.25) is 0 Å². The molecule has 0 saturated carbocycles. The summed E-state index contributed by atoms with van der Waals surface area (Å²) in [5, 5.41) is 0.968. The third-order valence-corrected chi connectivity index (χ3v) is 4.05. The second kappa shape index (κ2) is 6.29. The number of nitrogens with zero attached hydrogens (tertiary/aromatic N) is 2. The van der Waals surface area contributed by atoms with Gasteiger partial charge in [-0.15, -0.1) is 11.3 Å². The summed E-state index contributed by atoms with van der Waals surface area (Å²) in [6.45, 7) is 6.48. The lowest BCUT2D eigenvalue weighted by atomic mass is 9.96. The van der Waals surface area contributed by atoms with Gasteiger partial charge in [0.2, 0.25) is 5.91 Å². The zero-order valence-corrected chi connectivity index (χ0v) is 12.5. The summed E-state index contributed by atoms with van der Waals surface area (Å²) in [5.41, 5.74) is 5.28. The predicted octanol–water partition coefficient (Wildman–Crippen LogP) is 2.18. The summed E-state index contributed by atoms with van der Waals surface area (Å²) < 4.78 is 0. The smallest absolute Gasteiger partial charge is 0.242 e. The van der Waals surface area contributed by atoms with Gasteiger partial charge < -0.3 is 10.6 Å². The van der Waals surface area contributed by atoms with Crippen molar-refractivity contribution >= 4 is 17.2 Å². The van der Waals surface area contributed by atoms with Crippen LogP contribution in [0.3, 0.4) is 0 Å². The van der Waals surface area contributed by atoms with Crippen LogP contribution in [0.15, 0.2) is 6.20 Å². The molecule has 5 heteroatoms. The number of carbonyl (C=O) groups excluding carboxylic acids is 1. The molecule has 1 heterocycles. The van der Waals surface area contributed by atoms with E-state index in [0.717, 1.165) is 17.8 Å². The van der Waals surface area contributed by atoms with Crippen LogP contribution in [0.5, 0.6) is 0 Å². The third-order valence-electron chi connectivity index (χ3n) is 2.93. The Morgan fingerprint density at radius 3 is 2.72 bits per heavy atom. The first-order valence-corrected chi connectivity index (χ1v) is 7.20. The van der Waals surface area contributed by atoms with Crippen molar-refractivity contribution in [2.24, 2.45) is 5.73 Å². The molecule has 0 saturated heterocycles. The fourth-order valence-electron chi connectivity index (χ4n) is 1.92. The van der Waals surface area contributed by atoms with Gasteiger partial charge in [-0.3, -0.25) is 4.79 Å². The molecule has 0 aliphatic carbocycles. The number of rotatable bonds is 6. The topological polar surface area (TPSA) is 59.2 Å².